The SMILES string of the molecule is O=C(Cc1ccccc1)Nc1cccc(-c2nc3sccn3c2-c2ccnc(Nc3cccc(OCCC4CCCN4)c3)n2)c1. The molecule has 1 aliphatic rings. The number of carbonyl (C=O) groups excluding carboxylic acids is 1. The number of aromatic nitrogens is 4. The zero-order valence-corrected chi connectivity index (χ0v) is 25.5. The van der Waals surface area contributed by atoms with Crippen molar-refractivity contribution in [3.8, 4) is 28.4 Å². The van der Waals surface area contributed by atoms with Gasteiger partial charge in [0.15, 0.2) is 4.96 Å². The third kappa shape index (κ3) is 6.87. The maximum absolute atomic E-state index is 12.8. The fraction of sp³-hybridized carbons (Fsp3) is 0.200. The van der Waals surface area contributed by atoms with Crippen LogP contribution in [0.25, 0.3) is 27.6 Å². The number of amides is 1. The number of thiazole rings is 1. The van der Waals surface area contributed by atoms with Crippen LogP contribution in [0.4, 0.5) is 17.3 Å². The van der Waals surface area contributed by atoms with Crippen LogP contribution < -0.4 is 20.7 Å². The summed E-state index contributed by atoms with van der Waals surface area (Å²) >= 11 is 1.56. The molecule has 0 bridgehead atoms. The molecule has 3 aromatic carbocycles. The van der Waals surface area contributed by atoms with E-state index >= 15 is 0 Å². The van der Waals surface area contributed by atoms with E-state index in [1.165, 1.54) is 12.8 Å². The molecule has 0 spiro atoms. The van der Waals surface area contributed by atoms with Gasteiger partial charge in [0.1, 0.15) is 11.4 Å². The van der Waals surface area contributed by atoms with E-state index in [0.717, 1.165) is 57.6 Å². The highest BCUT2D eigenvalue weighted by molar-refractivity contribution is 7.15. The summed E-state index contributed by atoms with van der Waals surface area (Å²) in [7, 11) is 0. The minimum absolute atomic E-state index is 0.0730. The van der Waals surface area contributed by atoms with E-state index in [-0.39, 0.29) is 5.91 Å². The van der Waals surface area contributed by atoms with Gasteiger partial charge in [-0.3, -0.25) is 9.20 Å². The molecule has 1 saturated heterocycles. The summed E-state index contributed by atoms with van der Waals surface area (Å²) in [5.74, 6) is 1.21. The zero-order valence-electron chi connectivity index (χ0n) is 24.6. The van der Waals surface area contributed by atoms with Crippen LogP contribution in [0.5, 0.6) is 5.75 Å². The first-order valence-electron chi connectivity index (χ1n) is 15.1. The van der Waals surface area contributed by atoms with Crippen LogP contribution in [0.3, 0.4) is 0 Å². The number of nitrogens with one attached hydrogen (secondary N) is 3. The van der Waals surface area contributed by atoms with Crippen molar-refractivity contribution in [3.05, 3.63) is 108 Å². The lowest BCUT2D eigenvalue weighted by Gasteiger charge is -2.12. The molecule has 1 amide bonds. The van der Waals surface area contributed by atoms with Crippen molar-refractivity contribution in [2.45, 2.75) is 31.7 Å². The number of ether oxygens (including phenoxy) is 1. The third-order valence-electron chi connectivity index (χ3n) is 7.78. The van der Waals surface area contributed by atoms with Crippen molar-refractivity contribution >= 4 is 39.5 Å². The largest absolute Gasteiger partial charge is 0.493 e. The van der Waals surface area contributed by atoms with Crippen LogP contribution in [0, 0.1) is 0 Å². The number of hydrogen-bond donors (Lipinski definition) is 3. The molecule has 7 rings (SSSR count). The van der Waals surface area contributed by atoms with Crippen molar-refractivity contribution in [3.63, 3.8) is 0 Å². The van der Waals surface area contributed by atoms with Gasteiger partial charge >= 0.3 is 0 Å². The first kappa shape index (κ1) is 28.7. The standard InChI is InChI=1S/C35H33N7O2S/c43-31(21-24-7-2-1-3-8-24)38-27-10-4-9-25(22-27)32-33(42-18-20-45-35(42)41-32)30-14-17-37-34(40-30)39-28-11-5-13-29(23-28)44-19-15-26-12-6-16-36-26/h1-5,7-11,13-14,17-18,20,22-23,26,36H,6,12,15-16,19,21H2,(H,38,43)(H,37,39,40). The Labute approximate surface area is 265 Å². The van der Waals surface area contributed by atoms with Gasteiger partial charge in [-0.1, -0.05) is 48.5 Å². The molecule has 3 aromatic heterocycles. The van der Waals surface area contributed by atoms with Crippen LogP contribution in [-0.4, -0.2) is 44.5 Å². The fourth-order valence-corrected chi connectivity index (χ4v) is 6.34. The molecule has 45 heavy (non-hydrogen) atoms. The summed E-state index contributed by atoms with van der Waals surface area (Å²) in [5.41, 5.74) is 5.75. The van der Waals surface area contributed by atoms with Gasteiger partial charge < -0.3 is 20.7 Å². The third-order valence-corrected chi connectivity index (χ3v) is 8.53. The summed E-state index contributed by atoms with van der Waals surface area (Å²) in [5, 5.41) is 11.9. The molecular weight excluding hydrogens is 582 g/mol. The Morgan fingerprint density at radius 2 is 1.89 bits per heavy atom. The lowest BCUT2D eigenvalue weighted by Crippen LogP contribution is -2.23. The normalized spacial score (nSPS) is 14.4. The predicted molar refractivity (Wildman–Crippen MR) is 179 cm³/mol. The number of rotatable bonds is 11. The fourth-order valence-electron chi connectivity index (χ4n) is 5.63. The van der Waals surface area contributed by atoms with Crippen molar-refractivity contribution < 1.29 is 9.53 Å². The highest BCUT2D eigenvalue weighted by Gasteiger charge is 2.19. The molecule has 9 nitrogen and oxygen atoms in total. The van der Waals surface area contributed by atoms with Crippen LogP contribution in [0.15, 0.2) is 103 Å². The van der Waals surface area contributed by atoms with Crippen LogP contribution in [0.2, 0.25) is 0 Å². The minimum Gasteiger partial charge on any atom is -0.493 e. The molecule has 0 saturated carbocycles. The van der Waals surface area contributed by atoms with E-state index in [9.17, 15) is 4.79 Å². The van der Waals surface area contributed by atoms with E-state index < -0.39 is 0 Å². The second-order valence-corrected chi connectivity index (χ2v) is 11.9. The highest BCUT2D eigenvalue weighted by atomic mass is 32.1. The Hall–Kier alpha value is -5.06. The average molecular weight is 616 g/mol. The number of nitrogens with zero attached hydrogens (tertiary/aromatic N) is 4. The summed E-state index contributed by atoms with van der Waals surface area (Å²) in [6.45, 7) is 1.77. The Kier molecular flexibility index (Phi) is 8.48. The van der Waals surface area contributed by atoms with Crippen molar-refractivity contribution in [1.82, 2.24) is 24.7 Å². The average Bonchev–Trinajstić information content (AvgIpc) is 3.81. The predicted octanol–water partition coefficient (Wildman–Crippen LogP) is 6.97. The quantitative estimate of drug-likeness (QED) is 0.145. The number of carbonyl (C=O) groups is 1. The lowest BCUT2D eigenvalue weighted by molar-refractivity contribution is -0.115. The number of hydrogen-bond acceptors (Lipinski definition) is 8. The Bertz CT molecular complexity index is 1910. The lowest BCUT2D eigenvalue weighted by atomic mass is 10.1. The molecule has 0 aliphatic carbocycles. The van der Waals surface area contributed by atoms with Gasteiger partial charge in [0.05, 0.1) is 24.4 Å². The molecular formula is C35H33N7O2S. The minimum atomic E-state index is -0.0730. The van der Waals surface area contributed by atoms with Crippen molar-refractivity contribution in [2.24, 2.45) is 0 Å². The summed E-state index contributed by atoms with van der Waals surface area (Å²) in [6.07, 6.45) is 7.49. The van der Waals surface area contributed by atoms with E-state index in [4.69, 9.17) is 14.7 Å². The molecule has 3 N–H and O–H groups in total. The van der Waals surface area contributed by atoms with E-state index in [0.29, 0.717) is 30.7 Å². The number of benzene rings is 3. The van der Waals surface area contributed by atoms with Gasteiger partial charge in [0.25, 0.3) is 0 Å². The molecule has 4 heterocycles. The maximum Gasteiger partial charge on any atom is 0.228 e. The molecule has 10 heteroatoms. The summed E-state index contributed by atoms with van der Waals surface area (Å²) in [6, 6.07) is 27.8. The van der Waals surface area contributed by atoms with Crippen LogP contribution in [-0.2, 0) is 11.2 Å². The molecule has 1 aliphatic heterocycles. The highest BCUT2D eigenvalue weighted by Crippen LogP contribution is 2.35. The Balaban J connectivity index is 1.11. The monoisotopic (exact) mass is 615 g/mol. The van der Waals surface area contributed by atoms with Gasteiger partial charge in [-0.15, -0.1) is 11.3 Å². The smallest absolute Gasteiger partial charge is 0.228 e. The summed E-state index contributed by atoms with van der Waals surface area (Å²) in [4.78, 5) is 28.0. The van der Waals surface area contributed by atoms with E-state index in [1.807, 2.05) is 101 Å². The van der Waals surface area contributed by atoms with Crippen LogP contribution in [0.1, 0.15) is 24.8 Å². The molecule has 1 atom stereocenters. The topological polar surface area (TPSA) is 105 Å². The second kappa shape index (κ2) is 13.3. The van der Waals surface area contributed by atoms with E-state index in [1.54, 1.807) is 17.5 Å². The summed E-state index contributed by atoms with van der Waals surface area (Å²) < 4.78 is 8.08. The number of imidazole rings is 1. The van der Waals surface area contributed by atoms with Crippen molar-refractivity contribution in [2.75, 3.05) is 23.8 Å². The maximum atomic E-state index is 12.8. The molecule has 226 valence electrons. The first-order chi connectivity index (χ1) is 22.2. The molecule has 6 aromatic rings. The molecule has 0 radical (unpaired) electrons. The van der Waals surface area contributed by atoms with Gasteiger partial charge in [-0.05, 0) is 61.7 Å². The zero-order chi connectivity index (χ0) is 30.4. The number of anilines is 3. The molecule has 1 unspecified atom stereocenters. The second-order valence-electron chi connectivity index (χ2n) is 11.0. The Morgan fingerprint density at radius 1 is 1.00 bits per heavy atom. The number of fused-ring (bicyclic) bond motifs is 1. The van der Waals surface area contributed by atoms with Gasteiger partial charge in [0.2, 0.25) is 11.9 Å². The van der Waals surface area contributed by atoms with E-state index in [2.05, 4.69) is 20.9 Å². The Morgan fingerprint density at radius 3 is 2.78 bits per heavy atom. The van der Waals surface area contributed by atoms with Gasteiger partial charge in [-0.2, -0.15) is 0 Å². The first-order valence-corrected chi connectivity index (χ1v) is 16.0. The van der Waals surface area contributed by atoms with Gasteiger partial charge in [0, 0.05) is 46.8 Å². The van der Waals surface area contributed by atoms with Crippen LogP contribution >= 0.6 is 11.3 Å². The van der Waals surface area contributed by atoms with Gasteiger partial charge in [-0.25, -0.2) is 15.0 Å². The molecule has 1 fully saturated rings. The van der Waals surface area contributed by atoms with Crippen molar-refractivity contribution in [1.29, 1.82) is 0 Å².